The summed E-state index contributed by atoms with van der Waals surface area (Å²) in [6.07, 6.45) is 21.2. The average molecular weight is 333 g/mol. The van der Waals surface area contributed by atoms with E-state index in [2.05, 4.69) is 6.92 Å². The molecule has 0 aromatic carbocycles. The zero-order chi connectivity index (χ0) is 16.1. The lowest BCUT2D eigenvalue weighted by molar-refractivity contribution is 0.0685. The van der Waals surface area contributed by atoms with Crippen LogP contribution in [0.2, 0.25) is 0 Å². The fourth-order valence-electron chi connectivity index (χ4n) is 2.82. The van der Waals surface area contributed by atoms with E-state index >= 15 is 0 Å². The minimum atomic E-state index is 0. The largest absolute Gasteiger partial charge is 0.412 e. The first-order valence-electron chi connectivity index (χ1n) is 9.98. The maximum Gasteiger partial charge on any atom is 0.0700 e. The zero-order valence-corrected chi connectivity index (χ0v) is 16.0. The van der Waals surface area contributed by atoms with Crippen LogP contribution in [0.25, 0.3) is 0 Å². The van der Waals surface area contributed by atoms with Gasteiger partial charge in [0.25, 0.3) is 0 Å². The van der Waals surface area contributed by atoms with Crippen LogP contribution in [-0.2, 0) is 9.47 Å². The molecule has 0 spiro atoms. The number of hydrogen-bond donors (Lipinski definition) is 0. The predicted molar refractivity (Wildman–Crippen MR) is 101 cm³/mol. The Morgan fingerprint density at radius 1 is 0.478 bits per heavy atom. The summed E-state index contributed by atoms with van der Waals surface area (Å²) in [4.78, 5) is 0. The SMILES string of the molecule is CCCCCCCCCCCCCCCCCOCCOC.O. The lowest BCUT2D eigenvalue weighted by Gasteiger charge is -2.04. The van der Waals surface area contributed by atoms with Gasteiger partial charge in [0.2, 0.25) is 0 Å². The van der Waals surface area contributed by atoms with Gasteiger partial charge in [0.15, 0.2) is 0 Å². The van der Waals surface area contributed by atoms with Gasteiger partial charge < -0.3 is 14.9 Å². The van der Waals surface area contributed by atoms with E-state index in [1.54, 1.807) is 7.11 Å². The molecule has 0 aliphatic heterocycles. The first-order chi connectivity index (χ1) is 10.9. The summed E-state index contributed by atoms with van der Waals surface area (Å²) < 4.78 is 10.4. The van der Waals surface area contributed by atoms with Crippen LogP contribution in [0.15, 0.2) is 0 Å². The number of ether oxygens (including phenoxy) is 2. The molecule has 0 aliphatic rings. The van der Waals surface area contributed by atoms with E-state index in [4.69, 9.17) is 9.47 Å². The van der Waals surface area contributed by atoms with Gasteiger partial charge in [-0.25, -0.2) is 0 Å². The van der Waals surface area contributed by atoms with Crippen molar-refractivity contribution >= 4 is 0 Å². The molecular weight excluding hydrogens is 288 g/mol. The molecule has 23 heavy (non-hydrogen) atoms. The van der Waals surface area contributed by atoms with Crippen molar-refractivity contribution in [3.63, 3.8) is 0 Å². The van der Waals surface area contributed by atoms with Gasteiger partial charge in [0, 0.05) is 13.7 Å². The van der Waals surface area contributed by atoms with Crippen molar-refractivity contribution < 1.29 is 14.9 Å². The summed E-state index contributed by atoms with van der Waals surface area (Å²) in [7, 11) is 1.72. The van der Waals surface area contributed by atoms with Crippen molar-refractivity contribution in [2.75, 3.05) is 26.9 Å². The fraction of sp³-hybridized carbons (Fsp3) is 1.00. The van der Waals surface area contributed by atoms with Crippen molar-refractivity contribution in [1.29, 1.82) is 0 Å². The smallest absolute Gasteiger partial charge is 0.0700 e. The van der Waals surface area contributed by atoms with Crippen LogP contribution in [0, 0.1) is 0 Å². The van der Waals surface area contributed by atoms with Crippen LogP contribution < -0.4 is 0 Å². The van der Waals surface area contributed by atoms with Gasteiger partial charge in [-0.15, -0.1) is 0 Å². The Morgan fingerprint density at radius 3 is 1.26 bits per heavy atom. The number of rotatable bonds is 19. The number of hydrogen-bond acceptors (Lipinski definition) is 2. The molecule has 0 amide bonds. The Morgan fingerprint density at radius 2 is 0.870 bits per heavy atom. The summed E-state index contributed by atoms with van der Waals surface area (Å²) in [5, 5.41) is 0. The van der Waals surface area contributed by atoms with E-state index in [0.29, 0.717) is 0 Å². The highest BCUT2D eigenvalue weighted by atomic mass is 16.5. The third-order valence-electron chi connectivity index (χ3n) is 4.32. The maximum atomic E-state index is 5.46. The molecule has 0 aromatic heterocycles. The molecular formula is C20H44O3. The van der Waals surface area contributed by atoms with E-state index in [0.717, 1.165) is 19.8 Å². The van der Waals surface area contributed by atoms with Crippen LogP contribution in [0.5, 0.6) is 0 Å². The minimum Gasteiger partial charge on any atom is -0.412 e. The molecule has 0 fully saturated rings. The van der Waals surface area contributed by atoms with E-state index in [1.165, 1.54) is 96.3 Å². The Bertz CT molecular complexity index is 166. The second-order valence-electron chi connectivity index (χ2n) is 6.55. The van der Waals surface area contributed by atoms with Crippen molar-refractivity contribution in [3.05, 3.63) is 0 Å². The van der Waals surface area contributed by atoms with Crippen molar-refractivity contribution in [2.24, 2.45) is 0 Å². The van der Waals surface area contributed by atoms with Crippen LogP contribution in [0.1, 0.15) is 103 Å². The quantitative estimate of drug-likeness (QED) is 0.285. The van der Waals surface area contributed by atoms with Crippen LogP contribution >= 0.6 is 0 Å². The Hall–Kier alpha value is -0.120. The molecule has 0 rings (SSSR count). The molecule has 0 unspecified atom stereocenters. The molecule has 3 heteroatoms. The molecule has 142 valence electrons. The highest BCUT2D eigenvalue weighted by Gasteiger charge is 1.94. The van der Waals surface area contributed by atoms with E-state index < -0.39 is 0 Å². The summed E-state index contributed by atoms with van der Waals surface area (Å²) in [5.74, 6) is 0. The second-order valence-corrected chi connectivity index (χ2v) is 6.55. The Balaban J connectivity index is 0. The van der Waals surface area contributed by atoms with Crippen LogP contribution in [0.4, 0.5) is 0 Å². The summed E-state index contributed by atoms with van der Waals surface area (Å²) in [6.45, 7) is 4.66. The third-order valence-corrected chi connectivity index (χ3v) is 4.32. The van der Waals surface area contributed by atoms with Gasteiger partial charge >= 0.3 is 0 Å². The van der Waals surface area contributed by atoms with Crippen LogP contribution in [0.3, 0.4) is 0 Å². The molecule has 0 atom stereocenters. The topological polar surface area (TPSA) is 50.0 Å². The molecule has 0 radical (unpaired) electrons. The molecule has 2 N–H and O–H groups in total. The van der Waals surface area contributed by atoms with Crippen LogP contribution in [-0.4, -0.2) is 32.4 Å². The summed E-state index contributed by atoms with van der Waals surface area (Å²) in [5.41, 5.74) is 0. The molecule has 3 nitrogen and oxygen atoms in total. The maximum absolute atomic E-state index is 5.46. The third kappa shape index (κ3) is 24.3. The molecule has 0 aliphatic carbocycles. The standard InChI is InChI=1S/C20H42O2.H2O/c1-3-4-5-6-7-8-9-10-11-12-13-14-15-16-17-18-22-20-19-21-2;/h3-20H2,1-2H3;1H2. The average Bonchev–Trinajstić information content (AvgIpc) is 2.54. The van der Waals surface area contributed by atoms with Gasteiger partial charge in [0.05, 0.1) is 13.2 Å². The van der Waals surface area contributed by atoms with E-state index in [-0.39, 0.29) is 5.48 Å². The highest BCUT2D eigenvalue weighted by molar-refractivity contribution is 4.49. The molecule has 0 bridgehead atoms. The Kier molecular flexibility index (Phi) is 26.4. The molecule has 0 aromatic rings. The summed E-state index contributed by atoms with van der Waals surface area (Å²) in [6, 6.07) is 0. The van der Waals surface area contributed by atoms with Gasteiger partial charge in [0.1, 0.15) is 0 Å². The first-order valence-corrected chi connectivity index (χ1v) is 9.98. The summed E-state index contributed by atoms with van der Waals surface area (Å²) >= 11 is 0. The van der Waals surface area contributed by atoms with Crippen molar-refractivity contribution in [3.8, 4) is 0 Å². The predicted octanol–water partition coefficient (Wildman–Crippen LogP) is 5.70. The van der Waals surface area contributed by atoms with Gasteiger partial charge in [-0.1, -0.05) is 96.8 Å². The monoisotopic (exact) mass is 332 g/mol. The van der Waals surface area contributed by atoms with Gasteiger partial charge in [-0.3, -0.25) is 0 Å². The van der Waals surface area contributed by atoms with Crippen molar-refractivity contribution in [1.82, 2.24) is 0 Å². The molecule has 0 heterocycles. The van der Waals surface area contributed by atoms with Crippen molar-refractivity contribution in [2.45, 2.75) is 103 Å². The van der Waals surface area contributed by atoms with Gasteiger partial charge in [-0.2, -0.15) is 0 Å². The normalized spacial score (nSPS) is 10.7. The lowest BCUT2D eigenvalue weighted by Crippen LogP contribution is -2.02. The molecule has 0 saturated carbocycles. The zero-order valence-electron chi connectivity index (χ0n) is 16.0. The fourth-order valence-corrected chi connectivity index (χ4v) is 2.82. The van der Waals surface area contributed by atoms with Gasteiger partial charge in [-0.05, 0) is 6.42 Å². The lowest BCUT2D eigenvalue weighted by atomic mass is 10.0. The first kappa shape index (κ1) is 25.1. The number of unbranched alkanes of at least 4 members (excludes halogenated alkanes) is 14. The van der Waals surface area contributed by atoms with E-state index in [1.807, 2.05) is 0 Å². The second kappa shape index (κ2) is 24.1. The van der Waals surface area contributed by atoms with E-state index in [9.17, 15) is 0 Å². The Labute approximate surface area is 145 Å². The molecule has 0 saturated heterocycles. The minimum absolute atomic E-state index is 0. The highest BCUT2D eigenvalue weighted by Crippen LogP contribution is 2.13. The number of methoxy groups -OCH3 is 1.